The first-order valence-electron chi connectivity index (χ1n) is 3.13. The van der Waals surface area contributed by atoms with Crippen LogP contribution in [0.4, 0.5) is 0 Å². The van der Waals surface area contributed by atoms with Gasteiger partial charge in [-0.1, -0.05) is 6.92 Å². The van der Waals surface area contributed by atoms with Crippen LogP contribution >= 0.6 is 11.6 Å². The molecular formula is C6H14ClNO. The van der Waals surface area contributed by atoms with Gasteiger partial charge < -0.3 is 10.0 Å². The fraction of sp³-hybridized carbons (Fsp3) is 1.00. The van der Waals surface area contributed by atoms with Crippen LogP contribution in [0.2, 0.25) is 0 Å². The van der Waals surface area contributed by atoms with Crippen molar-refractivity contribution in [2.75, 3.05) is 26.0 Å². The molecule has 0 aromatic carbocycles. The van der Waals surface area contributed by atoms with E-state index in [1.807, 2.05) is 18.9 Å². The van der Waals surface area contributed by atoms with Crippen molar-refractivity contribution in [2.24, 2.45) is 0 Å². The summed E-state index contributed by atoms with van der Waals surface area (Å²) in [7, 11) is 1.95. The van der Waals surface area contributed by atoms with Gasteiger partial charge in [0.1, 0.15) is 0 Å². The van der Waals surface area contributed by atoms with Gasteiger partial charge in [0.05, 0.1) is 6.10 Å². The topological polar surface area (TPSA) is 23.5 Å². The van der Waals surface area contributed by atoms with Crippen LogP contribution in [0.5, 0.6) is 0 Å². The average Bonchev–Trinajstić information content (AvgIpc) is 1.87. The number of aliphatic hydroxyl groups is 1. The zero-order chi connectivity index (χ0) is 7.28. The molecule has 0 aromatic rings. The van der Waals surface area contributed by atoms with Crippen LogP contribution in [-0.4, -0.2) is 42.1 Å². The van der Waals surface area contributed by atoms with Gasteiger partial charge in [-0.15, -0.1) is 11.6 Å². The number of aliphatic hydroxyl groups excluding tert-OH is 1. The molecule has 0 aliphatic heterocycles. The molecule has 0 saturated heterocycles. The Morgan fingerprint density at radius 2 is 2.22 bits per heavy atom. The summed E-state index contributed by atoms with van der Waals surface area (Å²) in [6.45, 7) is 3.66. The largest absolute Gasteiger partial charge is 0.391 e. The highest BCUT2D eigenvalue weighted by Gasteiger charge is 2.03. The van der Waals surface area contributed by atoms with Crippen molar-refractivity contribution in [3.63, 3.8) is 0 Å². The number of alkyl halides is 1. The maximum atomic E-state index is 8.99. The summed E-state index contributed by atoms with van der Waals surface area (Å²) in [6.07, 6.45) is -0.378. The number of likely N-dealkylation sites (N-methyl/N-ethyl adjacent to an activating group) is 1. The maximum Gasteiger partial charge on any atom is 0.0802 e. The second-order valence-electron chi connectivity index (χ2n) is 2.16. The van der Waals surface area contributed by atoms with E-state index < -0.39 is 0 Å². The lowest BCUT2D eigenvalue weighted by atomic mass is 10.4. The Kier molecular flexibility index (Phi) is 5.15. The van der Waals surface area contributed by atoms with Gasteiger partial charge in [-0.3, -0.25) is 0 Å². The third-order valence-electron chi connectivity index (χ3n) is 1.24. The Bertz CT molecular complexity index is 62.1. The van der Waals surface area contributed by atoms with Crippen LogP contribution in [0.3, 0.4) is 0 Å². The number of rotatable bonds is 4. The Balaban J connectivity index is 3.22. The molecule has 0 spiro atoms. The van der Waals surface area contributed by atoms with Crippen molar-refractivity contribution in [1.29, 1.82) is 0 Å². The van der Waals surface area contributed by atoms with E-state index in [0.717, 1.165) is 6.54 Å². The van der Waals surface area contributed by atoms with Crippen LogP contribution in [-0.2, 0) is 0 Å². The molecule has 0 amide bonds. The fourth-order valence-corrected chi connectivity index (χ4v) is 0.635. The highest BCUT2D eigenvalue weighted by atomic mass is 35.5. The van der Waals surface area contributed by atoms with Crippen molar-refractivity contribution in [1.82, 2.24) is 4.90 Å². The zero-order valence-corrected chi connectivity index (χ0v) is 6.73. The first-order chi connectivity index (χ1) is 4.20. The van der Waals surface area contributed by atoms with Crippen LogP contribution < -0.4 is 0 Å². The molecule has 3 heteroatoms. The van der Waals surface area contributed by atoms with Gasteiger partial charge in [0, 0.05) is 12.4 Å². The molecule has 0 bridgehead atoms. The number of nitrogens with zero attached hydrogens (tertiary/aromatic N) is 1. The van der Waals surface area contributed by atoms with Crippen LogP contribution in [0.1, 0.15) is 6.92 Å². The van der Waals surface area contributed by atoms with Gasteiger partial charge >= 0.3 is 0 Å². The molecule has 0 heterocycles. The van der Waals surface area contributed by atoms with Crippen molar-refractivity contribution in [3.05, 3.63) is 0 Å². The Morgan fingerprint density at radius 1 is 1.67 bits per heavy atom. The standard InChI is InChI=1S/C6H14ClNO/c1-3-8(2)5-6(9)4-7/h6,9H,3-5H2,1-2H3/t6-/m1/s1. The molecule has 0 unspecified atom stereocenters. The van der Waals surface area contributed by atoms with Crippen molar-refractivity contribution < 1.29 is 5.11 Å². The predicted molar refractivity (Wildman–Crippen MR) is 39.9 cm³/mol. The van der Waals surface area contributed by atoms with E-state index >= 15 is 0 Å². The highest BCUT2D eigenvalue weighted by molar-refractivity contribution is 6.18. The Morgan fingerprint density at radius 3 is 2.56 bits per heavy atom. The molecular weight excluding hydrogens is 138 g/mol. The summed E-state index contributed by atoms with van der Waals surface area (Å²) in [5, 5.41) is 8.99. The summed E-state index contributed by atoms with van der Waals surface area (Å²) >= 11 is 5.38. The highest BCUT2D eigenvalue weighted by Crippen LogP contribution is 1.90. The molecule has 0 saturated carbocycles. The molecule has 9 heavy (non-hydrogen) atoms. The molecule has 0 aliphatic carbocycles. The van der Waals surface area contributed by atoms with Gasteiger partial charge in [0.15, 0.2) is 0 Å². The quantitative estimate of drug-likeness (QED) is 0.593. The second-order valence-corrected chi connectivity index (χ2v) is 2.47. The van der Waals surface area contributed by atoms with Crippen LogP contribution in [0.25, 0.3) is 0 Å². The summed E-state index contributed by atoms with van der Waals surface area (Å²) in [5.41, 5.74) is 0. The minimum Gasteiger partial charge on any atom is -0.391 e. The molecule has 0 aromatic heterocycles. The lowest BCUT2D eigenvalue weighted by Crippen LogP contribution is -2.29. The second kappa shape index (κ2) is 5.03. The first kappa shape index (κ1) is 9.21. The molecule has 0 aliphatic rings. The molecule has 2 nitrogen and oxygen atoms in total. The monoisotopic (exact) mass is 151 g/mol. The van der Waals surface area contributed by atoms with E-state index in [2.05, 4.69) is 0 Å². The van der Waals surface area contributed by atoms with E-state index in [4.69, 9.17) is 16.7 Å². The molecule has 0 rings (SSSR count). The molecule has 56 valence electrons. The van der Waals surface area contributed by atoms with Crippen LogP contribution in [0, 0.1) is 0 Å². The zero-order valence-electron chi connectivity index (χ0n) is 5.97. The van der Waals surface area contributed by atoms with Gasteiger partial charge in [-0.05, 0) is 13.6 Å². The van der Waals surface area contributed by atoms with E-state index in [0.29, 0.717) is 12.4 Å². The van der Waals surface area contributed by atoms with E-state index in [9.17, 15) is 0 Å². The summed E-state index contributed by atoms with van der Waals surface area (Å²) in [5.74, 6) is 0.324. The minimum atomic E-state index is -0.378. The van der Waals surface area contributed by atoms with Gasteiger partial charge in [0.2, 0.25) is 0 Å². The number of hydrogen-bond acceptors (Lipinski definition) is 2. The minimum absolute atomic E-state index is 0.324. The van der Waals surface area contributed by atoms with E-state index in [-0.39, 0.29) is 6.10 Å². The van der Waals surface area contributed by atoms with Crippen molar-refractivity contribution >= 4 is 11.6 Å². The van der Waals surface area contributed by atoms with E-state index in [1.54, 1.807) is 0 Å². The van der Waals surface area contributed by atoms with Crippen LogP contribution in [0.15, 0.2) is 0 Å². The van der Waals surface area contributed by atoms with E-state index in [1.165, 1.54) is 0 Å². The smallest absolute Gasteiger partial charge is 0.0802 e. The number of halogens is 1. The lowest BCUT2D eigenvalue weighted by Gasteiger charge is -2.16. The SMILES string of the molecule is CCN(C)C[C@H](O)CCl. The van der Waals surface area contributed by atoms with Gasteiger partial charge in [-0.2, -0.15) is 0 Å². The Hall–Kier alpha value is 0.210. The van der Waals surface area contributed by atoms with Crippen molar-refractivity contribution in [3.8, 4) is 0 Å². The summed E-state index contributed by atoms with van der Waals surface area (Å²) in [4.78, 5) is 2.02. The van der Waals surface area contributed by atoms with Gasteiger partial charge in [-0.25, -0.2) is 0 Å². The van der Waals surface area contributed by atoms with Crippen molar-refractivity contribution in [2.45, 2.75) is 13.0 Å². The third kappa shape index (κ3) is 4.70. The van der Waals surface area contributed by atoms with Gasteiger partial charge in [0.25, 0.3) is 0 Å². The number of hydrogen-bond donors (Lipinski definition) is 1. The molecule has 1 atom stereocenters. The fourth-order valence-electron chi connectivity index (χ4n) is 0.538. The Labute approximate surface area is 61.4 Å². The summed E-state index contributed by atoms with van der Waals surface area (Å²) < 4.78 is 0. The average molecular weight is 152 g/mol. The normalized spacial score (nSPS) is 14.3. The maximum absolute atomic E-state index is 8.99. The summed E-state index contributed by atoms with van der Waals surface area (Å²) in [6, 6.07) is 0. The lowest BCUT2D eigenvalue weighted by molar-refractivity contribution is 0.147. The molecule has 0 radical (unpaired) electrons. The predicted octanol–water partition coefficient (Wildman–Crippen LogP) is 0.538. The molecule has 0 fully saturated rings. The molecule has 1 N–H and O–H groups in total. The third-order valence-corrected chi connectivity index (χ3v) is 1.60. The first-order valence-corrected chi connectivity index (χ1v) is 3.66.